The van der Waals surface area contributed by atoms with Gasteiger partial charge in [0.25, 0.3) is 5.91 Å². The summed E-state index contributed by atoms with van der Waals surface area (Å²) in [6.45, 7) is -0.00238. The van der Waals surface area contributed by atoms with Gasteiger partial charge in [0.2, 0.25) is 5.91 Å². The fourth-order valence-corrected chi connectivity index (χ4v) is 3.09. The second kappa shape index (κ2) is 9.04. The molecule has 1 saturated carbocycles. The third-order valence-corrected chi connectivity index (χ3v) is 4.48. The molecular weight excluding hydrogens is 328 g/mol. The van der Waals surface area contributed by atoms with Gasteiger partial charge in [-0.25, -0.2) is 0 Å². The van der Waals surface area contributed by atoms with E-state index in [9.17, 15) is 9.59 Å². The molecule has 0 saturated heterocycles. The predicted octanol–water partition coefficient (Wildman–Crippen LogP) is 3.66. The van der Waals surface area contributed by atoms with Crippen LogP contribution >= 0.6 is 0 Å². The number of carbonyl (C=O) groups is 2. The first-order chi connectivity index (χ1) is 12.7. The van der Waals surface area contributed by atoms with Crippen molar-refractivity contribution in [1.29, 1.82) is 0 Å². The fourth-order valence-electron chi connectivity index (χ4n) is 3.09. The van der Waals surface area contributed by atoms with E-state index in [0.717, 1.165) is 31.4 Å². The number of carbonyl (C=O) groups excluding carboxylic acids is 2. The van der Waals surface area contributed by atoms with Crippen molar-refractivity contribution in [2.75, 3.05) is 6.54 Å². The molecule has 0 spiro atoms. The van der Waals surface area contributed by atoms with Gasteiger partial charge in [-0.15, -0.1) is 0 Å². The molecule has 0 bridgehead atoms. The zero-order valence-electron chi connectivity index (χ0n) is 14.7. The summed E-state index contributed by atoms with van der Waals surface area (Å²) in [6, 6.07) is 16.6. The van der Waals surface area contributed by atoms with E-state index < -0.39 is 0 Å². The van der Waals surface area contributed by atoms with Gasteiger partial charge in [0.05, 0.1) is 6.54 Å². The number of para-hydroxylation sites is 1. The summed E-state index contributed by atoms with van der Waals surface area (Å²) in [5.74, 6) is 0.996. The molecule has 1 aliphatic rings. The van der Waals surface area contributed by atoms with Crippen molar-refractivity contribution in [2.24, 2.45) is 0 Å². The lowest BCUT2D eigenvalue weighted by Gasteiger charge is -2.22. The SMILES string of the molecule is O=C(CNC(=O)c1ccc(Oc2ccccc2)cc1)NC1CCCCC1. The topological polar surface area (TPSA) is 67.4 Å². The highest BCUT2D eigenvalue weighted by Gasteiger charge is 2.16. The van der Waals surface area contributed by atoms with Crippen LogP contribution in [0.5, 0.6) is 11.5 Å². The van der Waals surface area contributed by atoms with Crippen molar-refractivity contribution in [1.82, 2.24) is 10.6 Å². The van der Waals surface area contributed by atoms with Crippen LogP contribution in [0.1, 0.15) is 42.5 Å². The second-order valence-corrected chi connectivity index (χ2v) is 6.52. The summed E-state index contributed by atoms with van der Waals surface area (Å²) in [5, 5.41) is 5.65. The first kappa shape index (κ1) is 18.0. The summed E-state index contributed by atoms with van der Waals surface area (Å²) in [6.07, 6.45) is 5.63. The van der Waals surface area contributed by atoms with Gasteiger partial charge in [-0.1, -0.05) is 37.5 Å². The number of rotatable bonds is 6. The highest BCUT2D eigenvalue weighted by atomic mass is 16.5. The Hall–Kier alpha value is -2.82. The Morgan fingerprint density at radius 2 is 1.54 bits per heavy atom. The molecule has 0 heterocycles. The van der Waals surface area contributed by atoms with Crippen LogP contribution in [0.2, 0.25) is 0 Å². The van der Waals surface area contributed by atoms with Crippen molar-refractivity contribution in [2.45, 2.75) is 38.1 Å². The second-order valence-electron chi connectivity index (χ2n) is 6.52. The number of hydrogen-bond acceptors (Lipinski definition) is 3. The summed E-state index contributed by atoms with van der Waals surface area (Å²) in [7, 11) is 0. The van der Waals surface area contributed by atoms with Gasteiger partial charge in [0.15, 0.2) is 0 Å². The lowest BCUT2D eigenvalue weighted by atomic mass is 9.95. The summed E-state index contributed by atoms with van der Waals surface area (Å²) >= 11 is 0. The molecule has 5 nitrogen and oxygen atoms in total. The molecule has 2 aromatic rings. The van der Waals surface area contributed by atoms with E-state index in [1.807, 2.05) is 30.3 Å². The quantitative estimate of drug-likeness (QED) is 0.834. The molecule has 0 atom stereocenters. The third-order valence-electron chi connectivity index (χ3n) is 4.48. The smallest absolute Gasteiger partial charge is 0.251 e. The molecule has 0 unspecified atom stereocenters. The van der Waals surface area contributed by atoms with Crippen LogP contribution in [0.3, 0.4) is 0 Å². The first-order valence-corrected chi connectivity index (χ1v) is 9.11. The number of hydrogen-bond donors (Lipinski definition) is 2. The minimum Gasteiger partial charge on any atom is -0.457 e. The maximum atomic E-state index is 12.2. The van der Waals surface area contributed by atoms with E-state index in [0.29, 0.717) is 11.3 Å². The van der Waals surface area contributed by atoms with Gasteiger partial charge in [-0.05, 0) is 49.2 Å². The van der Waals surface area contributed by atoms with Gasteiger partial charge in [-0.2, -0.15) is 0 Å². The molecule has 26 heavy (non-hydrogen) atoms. The Bertz CT molecular complexity index is 723. The molecular formula is C21H24N2O3. The fraction of sp³-hybridized carbons (Fsp3) is 0.333. The maximum Gasteiger partial charge on any atom is 0.251 e. The molecule has 3 rings (SSSR count). The predicted molar refractivity (Wildman–Crippen MR) is 100 cm³/mol. The lowest BCUT2D eigenvalue weighted by Crippen LogP contribution is -2.42. The monoisotopic (exact) mass is 352 g/mol. The molecule has 2 N–H and O–H groups in total. The van der Waals surface area contributed by atoms with E-state index in [2.05, 4.69) is 10.6 Å². The molecule has 0 aromatic heterocycles. The van der Waals surface area contributed by atoms with Crippen LogP contribution in [0, 0.1) is 0 Å². The number of benzene rings is 2. The van der Waals surface area contributed by atoms with Crippen LogP contribution < -0.4 is 15.4 Å². The van der Waals surface area contributed by atoms with E-state index >= 15 is 0 Å². The third kappa shape index (κ3) is 5.34. The first-order valence-electron chi connectivity index (χ1n) is 9.11. The van der Waals surface area contributed by atoms with Crippen molar-refractivity contribution >= 4 is 11.8 Å². The molecule has 0 radical (unpaired) electrons. The highest BCUT2D eigenvalue weighted by Crippen LogP contribution is 2.21. The molecule has 1 aliphatic carbocycles. The van der Waals surface area contributed by atoms with Crippen LogP contribution in [-0.2, 0) is 4.79 Å². The Balaban J connectivity index is 1.46. The zero-order valence-corrected chi connectivity index (χ0v) is 14.7. The van der Waals surface area contributed by atoms with Gasteiger partial charge >= 0.3 is 0 Å². The Morgan fingerprint density at radius 3 is 2.23 bits per heavy atom. The largest absolute Gasteiger partial charge is 0.457 e. The number of nitrogens with one attached hydrogen (secondary N) is 2. The van der Waals surface area contributed by atoms with Crippen molar-refractivity contribution in [3.8, 4) is 11.5 Å². The zero-order chi connectivity index (χ0) is 18.2. The molecule has 5 heteroatoms. The normalized spacial score (nSPS) is 14.5. The maximum absolute atomic E-state index is 12.2. The van der Waals surface area contributed by atoms with E-state index in [1.165, 1.54) is 6.42 Å². The van der Waals surface area contributed by atoms with Crippen LogP contribution in [-0.4, -0.2) is 24.4 Å². The van der Waals surface area contributed by atoms with Crippen LogP contribution in [0.4, 0.5) is 0 Å². The van der Waals surface area contributed by atoms with E-state index in [4.69, 9.17) is 4.74 Å². The van der Waals surface area contributed by atoms with Crippen molar-refractivity contribution in [3.05, 3.63) is 60.2 Å². The molecule has 136 valence electrons. The Morgan fingerprint density at radius 1 is 0.885 bits per heavy atom. The van der Waals surface area contributed by atoms with Gasteiger partial charge in [0, 0.05) is 11.6 Å². The highest BCUT2D eigenvalue weighted by molar-refractivity contribution is 5.96. The van der Waals surface area contributed by atoms with Crippen molar-refractivity contribution in [3.63, 3.8) is 0 Å². The Labute approximate surface area is 153 Å². The van der Waals surface area contributed by atoms with Crippen molar-refractivity contribution < 1.29 is 14.3 Å². The van der Waals surface area contributed by atoms with E-state index in [1.54, 1.807) is 24.3 Å². The standard InChI is InChI=1S/C21H24N2O3/c24-20(23-17-7-3-1-4-8-17)15-22-21(25)16-11-13-19(14-12-16)26-18-9-5-2-6-10-18/h2,5-6,9-14,17H,1,3-4,7-8,15H2,(H,22,25)(H,23,24). The minimum atomic E-state index is -0.268. The summed E-state index contributed by atoms with van der Waals surface area (Å²) < 4.78 is 5.70. The van der Waals surface area contributed by atoms with E-state index in [-0.39, 0.29) is 24.4 Å². The van der Waals surface area contributed by atoms with Crippen LogP contribution in [0.15, 0.2) is 54.6 Å². The average Bonchev–Trinajstić information content (AvgIpc) is 2.68. The molecule has 0 aliphatic heterocycles. The van der Waals surface area contributed by atoms with Gasteiger partial charge in [-0.3, -0.25) is 9.59 Å². The van der Waals surface area contributed by atoms with Gasteiger partial charge < -0.3 is 15.4 Å². The number of ether oxygens (including phenoxy) is 1. The number of amides is 2. The molecule has 2 amide bonds. The molecule has 2 aromatic carbocycles. The average molecular weight is 352 g/mol. The summed E-state index contributed by atoms with van der Waals surface area (Å²) in [4.78, 5) is 24.1. The Kier molecular flexibility index (Phi) is 6.25. The van der Waals surface area contributed by atoms with Crippen LogP contribution in [0.25, 0.3) is 0 Å². The molecule has 1 fully saturated rings. The minimum absolute atomic E-state index is 0.00238. The summed E-state index contributed by atoms with van der Waals surface area (Å²) in [5.41, 5.74) is 0.496. The lowest BCUT2D eigenvalue weighted by molar-refractivity contribution is -0.121. The van der Waals surface area contributed by atoms with Gasteiger partial charge in [0.1, 0.15) is 11.5 Å².